The van der Waals surface area contributed by atoms with Crippen molar-refractivity contribution in [3.63, 3.8) is 0 Å². The molecule has 0 radical (unpaired) electrons. The first-order valence-electron chi connectivity index (χ1n) is 11.0. The number of aromatic amines is 1. The molecule has 0 spiro atoms. The van der Waals surface area contributed by atoms with Crippen LogP contribution in [0.25, 0.3) is 22.6 Å². The van der Waals surface area contributed by atoms with Crippen molar-refractivity contribution >= 4 is 34.8 Å². The minimum absolute atomic E-state index is 0.0200. The quantitative estimate of drug-likeness (QED) is 0.245. The lowest BCUT2D eigenvalue weighted by Gasteiger charge is -2.32. The van der Waals surface area contributed by atoms with E-state index in [0.29, 0.717) is 29.6 Å². The van der Waals surface area contributed by atoms with Gasteiger partial charge in [0.1, 0.15) is 34.5 Å². The number of alkyl halides is 3. The highest BCUT2D eigenvalue weighted by molar-refractivity contribution is 6.33. The van der Waals surface area contributed by atoms with Gasteiger partial charge in [0.05, 0.1) is 33.1 Å². The number of H-pyrrole nitrogens is 1. The van der Waals surface area contributed by atoms with Crippen LogP contribution in [0.5, 0.6) is 5.75 Å². The Balaban J connectivity index is 1.62. The predicted octanol–water partition coefficient (Wildman–Crippen LogP) is 8.23. The molecule has 4 aromatic rings. The maximum absolute atomic E-state index is 14.6. The number of hydrogen-bond acceptors (Lipinski definition) is 3. The fraction of sp³-hybridized carbons (Fsp3) is 0.154. The first-order chi connectivity index (χ1) is 17.8. The van der Waals surface area contributed by atoms with Crippen molar-refractivity contribution in [2.24, 2.45) is 0 Å². The Kier molecular flexibility index (Phi) is 6.15. The Bertz CT molecular complexity index is 1600. The van der Waals surface area contributed by atoms with Gasteiger partial charge in [-0.25, -0.2) is 13.8 Å². The van der Waals surface area contributed by atoms with E-state index in [0.717, 1.165) is 0 Å². The van der Waals surface area contributed by atoms with Crippen LogP contribution in [0.3, 0.4) is 0 Å². The van der Waals surface area contributed by atoms with Gasteiger partial charge in [-0.05, 0) is 56.3 Å². The normalized spacial score (nSPS) is 13.9. The minimum Gasteiger partial charge on any atom is -0.480 e. The van der Waals surface area contributed by atoms with Gasteiger partial charge in [-0.2, -0.15) is 13.2 Å². The van der Waals surface area contributed by atoms with Crippen molar-refractivity contribution in [3.8, 4) is 28.4 Å². The standard InChI is InChI=1S/C26H16Cl2F5N3O2/c1-25(2)22-20(35-23(36-22)19-15(28)4-3-5-17(19)30)13-9-12(27)10-14(21(13)38-25)24(37)34-18-8-11(26(31,32)33)6-7-16(18)29/h3-10H,1-2H3,(H,34,37)(H,35,36). The lowest BCUT2D eigenvalue weighted by atomic mass is 9.93. The van der Waals surface area contributed by atoms with Crippen molar-refractivity contribution in [1.82, 2.24) is 9.97 Å². The third kappa shape index (κ3) is 4.48. The van der Waals surface area contributed by atoms with Crippen LogP contribution in [0.1, 0.15) is 35.5 Å². The van der Waals surface area contributed by atoms with Crippen molar-refractivity contribution in [2.45, 2.75) is 25.6 Å². The topological polar surface area (TPSA) is 67.0 Å². The van der Waals surface area contributed by atoms with Gasteiger partial charge in [0.15, 0.2) is 0 Å². The number of aromatic nitrogens is 2. The van der Waals surface area contributed by atoms with Crippen molar-refractivity contribution < 1.29 is 31.5 Å². The molecule has 0 unspecified atom stereocenters. The molecule has 2 N–H and O–H groups in total. The summed E-state index contributed by atoms with van der Waals surface area (Å²) in [5, 5.41) is 2.36. The van der Waals surface area contributed by atoms with Gasteiger partial charge >= 0.3 is 6.18 Å². The van der Waals surface area contributed by atoms with Gasteiger partial charge in [-0.1, -0.05) is 29.3 Å². The fourth-order valence-electron chi connectivity index (χ4n) is 4.19. The number of carbonyl (C=O) groups is 1. The maximum atomic E-state index is 14.6. The van der Waals surface area contributed by atoms with E-state index in [9.17, 15) is 26.7 Å². The van der Waals surface area contributed by atoms with Gasteiger partial charge in [0.2, 0.25) is 0 Å². The van der Waals surface area contributed by atoms with Crippen molar-refractivity contribution in [1.29, 1.82) is 0 Å². The van der Waals surface area contributed by atoms with Gasteiger partial charge in [-0.15, -0.1) is 0 Å². The molecule has 196 valence electrons. The van der Waals surface area contributed by atoms with Crippen LogP contribution in [0, 0.1) is 11.6 Å². The van der Waals surface area contributed by atoms with Crippen molar-refractivity contribution in [3.05, 3.63) is 87.0 Å². The van der Waals surface area contributed by atoms with Crippen LogP contribution in [0.4, 0.5) is 27.6 Å². The number of ether oxygens (including phenoxy) is 1. The van der Waals surface area contributed by atoms with Gasteiger partial charge in [-0.3, -0.25) is 4.79 Å². The molecular weight excluding hydrogens is 552 g/mol. The zero-order valence-corrected chi connectivity index (χ0v) is 21.0. The molecular formula is C26H16Cl2F5N3O2. The number of fused-ring (bicyclic) bond motifs is 3. The number of anilines is 1. The number of imidazole rings is 1. The Morgan fingerprint density at radius 3 is 2.47 bits per heavy atom. The van der Waals surface area contributed by atoms with E-state index >= 15 is 0 Å². The molecule has 0 aliphatic carbocycles. The highest BCUT2D eigenvalue weighted by Crippen LogP contribution is 2.48. The van der Waals surface area contributed by atoms with Crippen molar-refractivity contribution in [2.75, 3.05) is 5.32 Å². The summed E-state index contributed by atoms with van der Waals surface area (Å²) in [6.07, 6.45) is -4.74. The lowest BCUT2D eigenvalue weighted by Crippen LogP contribution is -2.31. The van der Waals surface area contributed by atoms with Crippen LogP contribution >= 0.6 is 23.2 Å². The highest BCUT2D eigenvalue weighted by atomic mass is 35.5. The zero-order valence-electron chi connectivity index (χ0n) is 19.5. The lowest BCUT2D eigenvalue weighted by molar-refractivity contribution is -0.137. The molecule has 12 heteroatoms. The second-order valence-corrected chi connectivity index (χ2v) is 9.84. The molecule has 2 heterocycles. The molecule has 1 aromatic heterocycles. The number of halogens is 7. The number of hydrogen-bond donors (Lipinski definition) is 2. The number of benzene rings is 3. The average molecular weight is 568 g/mol. The molecule has 38 heavy (non-hydrogen) atoms. The summed E-state index contributed by atoms with van der Waals surface area (Å²) < 4.78 is 74.4. The molecule has 1 aliphatic rings. The summed E-state index contributed by atoms with van der Waals surface area (Å²) in [6, 6.07) is 8.57. The molecule has 0 atom stereocenters. The Labute approximate surface area is 222 Å². The van der Waals surface area contributed by atoms with E-state index in [1.54, 1.807) is 13.8 Å². The predicted molar refractivity (Wildman–Crippen MR) is 132 cm³/mol. The number of rotatable bonds is 3. The van der Waals surface area contributed by atoms with Crippen LogP contribution in [0.15, 0.2) is 48.5 Å². The summed E-state index contributed by atoms with van der Waals surface area (Å²) in [6.45, 7) is 3.32. The smallest absolute Gasteiger partial charge is 0.416 e. The third-order valence-electron chi connectivity index (χ3n) is 5.94. The SMILES string of the molecule is CC1(C)Oc2c(C(=O)Nc3cc(C(F)(F)F)ccc3F)cc(Cl)cc2-c2[nH]c(-c3c(F)cccc3Cl)nc21. The molecule has 0 saturated heterocycles. The number of nitrogens with zero attached hydrogens (tertiary/aromatic N) is 1. The van der Waals surface area contributed by atoms with Crippen LogP contribution in [0.2, 0.25) is 10.0 Å². The number of nitrogens with one attached hydrogen (secondary N) is 2. The van der Waals surface area contributed by atoms with E-state index in [1.165, 1.54) is 30.3 Å². The van der Waals surface area contributed by atoms with Gasteiger partial charge < -0.3 is 15.0 Å². The molecule has 0 saturated carbocycles. The van der Waals surface area contributed by atoms with Gasteiger partial charge in [0.25, 0.3) is 5.91 Å². The Morgan fingerprint density at radius 2 is 1.79 bits per heavy atom. The molecule has 1 aliphatic heterocycles. The number of carbonyl (C=O) groups excluding carboxylic acids is 1. The summed E-state index contributed by atoms with van der Waals surface area (Å²) >= 11 is 12.5. The first kappa shape index (κ1) is 26.0. The second-order valence-electron chi connectivity index (χ2n) is 8.99. The maximum Gasteiger partial charge on any atom is 0.416 e. The molecule has 3 aromatic carbocycles. The molecule has 0 bridgehead atoms. The fourth-order valence-corrected chi connectivity index (χ4v) is 4.67. The van der Waals surface area contributed by atoms with Crippen LogP contribution in [-0.2, 0) is 11.8 Å². The summed E-state index contributed by atoms with van der Waals surface area (Å²) in [5.41, 5.74) is -2.08. The summed E-state index contributed by atoms with van der Waals surface area (Å²) in [7, 11) is 0. The minimum atomic E-state index is -4.74. The van der Waals surface area contributed by atoms with E-state index in [1.807, 2.05) is 0 Å². The Hall–Kier alpha value is -3.63. The van der Waals surface area contributed by atoms with E-state index in [-0.39, 0.29) is 38.3 Å². The molecule has 5 rings (SSSR count). The zero-order chi connectivity index (χ0) is 27.6. The highest BCUT2D eigenvalue weighted by Gasteiger charge is 2.39. The Morgan fingerprint density at radius 1 is 1.05 bits per heavy atom. The average Bonchev–Trinajstić information content (AvgIpc) is 3.26. The number of amides is 1. The first-order valence-corrected chi connectivity index (χ1v) is 11.8. The van der Waals surface area contributed by atoms with E-state index in [2.05, 4.69) is 15.3 Å². The molecule has 0 fully saturated rings. The molecule has 5 nitrogen and oxygen atoms in total. The monoisotopic (exact) mass is 567 g/mol. The van der Waals surface area contributed by atoms with E-state index in [4.69, 9.17) is 27.9 Å². The molecule has 1 amide bonds. The second kappa shape index (κ2) is 8.99. The largest absolute Gasteiger partial charge is 0.480 e. The van der Waals surface area contributed by atoms with Crippen LogP contribution < -0.4 is 10.1 Å². The summed E-state index contributed by atoms with van der Waals surface area (Å²) in [5.74, 6) is -2.51. The summed E-state index contributed by atoms with van der Waals surface area (Å²) in [4.78, 5) is 20.7. The van der Waals surface area contributed by atoms with E-state index < -0.39 is 40.6 Å². The third-order valence-corrected chi connectivity index (χ3v) is 6.47. The van der Waals surface area contributed by atoms with Crippen LogP contribution in [-0.4, -0.2) is 15.9 Å². The van der Waals surface area contributed by atoms with Gasteiger partial charge in [0, 0.05) is 10.6 Å².